The van der Waals surface area contributed by atoms with E-state index in [1.165, 1.54) is 0 Å². The minimum Gasteiger partial charge on any atom is -0.378 e. The zero-order chi connectivity index (χ0) is 16.1. The van der Waals surface area contributed by atoms with Crippen molar-refractivity contribution < 1.29 is 9.53 Å². The third kappa shape index (κ3) is 3.89. The zero-order valence-electron chi connectivity index (χ0n) is 12.5. The molecule has 0 N–H and O–H groups in total. The van der Waals surface area contributed by atoms with Gasteiger partial charge in [0, 0.05) is 29.9 Å². The summed E-state index contributed by atoms with van der Waals surface area (Å²) in [6.07, 6.45) is 1.69. The number of ether oxygens (including phenoxy) is 1. The molecule has 23 heavy (non-hydrogen) atoms. The van der Waals surface area contributed by atoms with Gasteiger partial charge < -0.3 is 9.64 Å². The van der Waals surface area contributed by atoms with Gasteiger partial charge in [0.1, 0.15) is 5.82 Å². The second kappa shape index (κ2) is 7.28. The smallest absolute Gasteiger partial charge is 0.239 e. The van der Waals surface area contributed by atoms with Crippen molar-refractivity contribution in [2.45, 2.75) is 0 Å². The van der Waals surface area contributed by atoms with Gasteiger partial charge >= 0.3 is 0 Å². The van der Waals surface area contributed by atoms with E-state index in [2.05, 4.69) is 21.7 Å². The fraction of sp³-hybridized carbons (Fsp3) is 0.222. The monoisotopic (exact) mass is 326 g/mol. The van der Waals surface area contributed by atoms with Crippen LogP contribution in [0.3, 0.4) is 0 Å². The van der Waals surface area contributed by atoms with Gasteiger partial charge in [0.2, 0.25) is 5.78 Å². The lowest BCUT2D eigenvalue weighted by Gasteiger charge is -2.28. The first kappa shape index (κ1) is 15.5. The van der Waals surface area contributed by atoms with Gasteiger partial charge in [-0.1, -0.05) is 23.6 Å². The Morgan fingerprint density at radius 3 is 2.83 bits per heavy atom. The van der Waals surface area contributed by atoms with Crippen LogP contribution < -0.4 is 4.90 Å². The summed E-state index contributed by atoms with van der Waals surface area (Å²) >= 11 is 5.92. The van der Waals surface area contributed by atoms with Gasteiger partial charge in [0.25, 0.3) is 0 Å². The van der Waals surface area contributed by atoms with Crippen LogP contribution in [0.1, 0.15) is 15.9 Å². The Balaban J connectivity index is 1.85. The second-order valence-corrected chi connectivity index (χ2v) is 5.50. The van der Waals surface area contributed by atoms with Crippen molar-refractivity contribution in [1.29, 1.82) is 0 Å². The van der Waals surface area contributed by atoms with E-state index >= 15 is 0 Å². The molecule has 0 amide bonds. The molecule has 0 atom stereocenters. The predicted molar refractivity (Wildman–Crippen MR) is 89.9 cm³/mol. The number of aromatic nitrogens is 1. The molecule has 1 saturated heterocycles. The number of pyridine rings is 1. The molecule has 3 rings (SSSR count). The number of halogens is 1. The van der Waals surface area contributed by atoms with Gasteiger partial charge in [-0.2, -0.15) is 0 Å². The van der Waals surface area contributed by atoms with Crippen molar-refractivity contribution in [1.82, 2.24) is 4.98 Å². The van der Waals surface area contributed by atoms with Crippen LogP contribution in [0.5, 0.6) is 0 Å². The molecule has 0 bridgehead atoms. The van der Waals surface area contributed by atoms with E-state index in [4.69, 9.17) is 16.3 Å². The molecule has 1 aromatic carbocycles. The van der Waals surface area contributed by atoms with Crippen molar-refractivity contribution >= 4 is 23.2 Å². The summed E-state index contributed by atoms with van der Waals surface area (Å²) in [7, 11) is 0. The number of rotatable bonds is 2. The Labute approximate surface area is 140 Å². The molecule has 4 nitrogen and oxygen atoms in total. The van der Waals surface area contributed by atoms with E-state index in [1.807, 2.05) is 6.07 Å². The molecule has 0 aliphatic carbocycles. The molecule has 0 radical (unpaired) electrons. The molecule has 1 aliphatic heterocycles. The number of hydrogen-bond donors (Lipinski definition) is 0. The lowest BCUT2D eigenvalue weighted by molar-refractivity contribution is 0.105. The molecule has 116 valence electrons. The molecule has 0 saturated carbocycles. The van der Waals surface area contributed by atoms with Crippen molar-refractivity contribution in [3.8, 4) is 11.8 Å². The van der Waals surface area contributed by atoms with E-state index in [-0.39, 0.29) is 5.78 Å². The van der Waals surface area contributed by atoms with Crippen LogP contribution >= 0.6 is 11.6 Å². The van der Waals surface area contributed by atoms with Crippen molar-refractivity contribution in [3.05, 3.63) is 58.7 Å². The van der Waals surface area contributed by atoms with Crippen LogP contribution in [0.4, 0.5) is 5.82 Å². The Kier molecular flexibility index (Phi) is 4.92. The number of nitrogens with zero attached hydrogens (tertiary/aromatic N) is 2. The summed E-state index contributed by atoms with van der Waals surface area (Å²) in [6.45, 7) is 2.72. The Morgan fingerprint density at radius 2 is 2.04 bits per heavy atom. The molecule has 2 aromatic rings. The standard InChI is InChI=1S/C18H15ClN2O2/c19-15-4-1-3-14(13-15)6-7-17(22)16-5-2-8-20-18(16)21-9-11-23-12-10-21/h1-5,8,13H,9-12H2. The van der Waals surface area contributed by atoms with Gasteiger partial charge in [-0.05, 0) is 36.3 Å². The van der Waals surface area contributed by atoms with Gasteiger partial charge in [0.05, 0.1) is 18.8 Å². The normalized spacial score (nSPS) is 14.0. The maximum atomic E-state index is 12.5. The first-order valence-corrected chi connectivity index (χ1v) is 7.71. The minimum absolute atomic E-state index is 0.250. The number of Topliss-reactive ketones (excluding diaryl/α,β-unsaturated/α-hetero) is 1. The average molecular weight is 327 g/mol. The van der Waals surface area contributed by atoms with E-state index in [1.54, 1.807) is 36.5 Å². The fourth-order valence-electron chi connectivity index (χ4n) is 2.36. The first-order valence-electron chi connectivity index (χ1n) is 7.34. The highest BCUT2D eigenvalue weighted by Crippen LogP contribution is 2.19. The largest absolute Gasteiger partial charge is 0.378 e. The summed E-state index contributed by atoms with van der Waals surface area (Å²) in [6, 6.07) is 10.6. The van der Waals surface area contributed by atoms with E-state index < -0.39 is 0 Å². The lowest BCUT2D eigenvalue weighted by Crippen LogP contribution is -2.37. The second-order valence-electron chi connectivity index (χ2n) is 5.06. The number of morpholine rings is 1. The van der Waals surface area contributed by atoms with E-state index in [0.29, 0.717) is 35.2 Å². The zero-order valence-corrected chi connectivity index (χ0v) is 13.2. The van der Waals surface area contributed by atoms with E-state index in [0.717, 1.165) is 13.1 Å². The van der Waals surface area contributed by atoms with Crippen LogP contribution in [0, 0.1) is 11.8 Å². The Morgan fingerprint density at radius 1 is 1.22 bits per heavy atom. The molecule has 0 unspecified atom stereocenters. The third-order valence-corrected chi connectivity index (χ3v) is 3.72. The highest BCUT2D eigenvalue weighted by atomic mass is 35.5. The molecule has 5 heteroatoms. The van der Waals surface area contributed by atoms with Crippen molar-refractivity contribution in [3.63, 3.8) is 0 Å². The summed E-state index contributed by atoms with van der Waals surface area (Å²) in [5.74, 6) is 5.95. The highest BCUT2D eigenvalue weighted by molar-refractivity contribution is 6.30. The fourth-order valence-corrected chi connectivity index (χ4v) is 2.55. The molecule has 1 fully saturated rings. The highest BCUT2D eigenvalue weighted by Gasteiger charge is 2.18. The Hall–Kier alpha value is -2.35. The SMILES string of the molecule is O=C(C#Cc1cccc(Cl)c1)c1cccnc1N1CCOCC1. The maximum absolute atomic E-state index is 12.5. The number of benzene rings is 1. The van der Waals surface area contributed by atoms with Crippen LogP contribution in [0.15, 0.2) is 42.6 Å². The average Bonchev–Trinajstić information content (AvgIpc) is 2.60. The van der Waals surface area contributed by atoms with E-state index in [9.17, 15) is 4.79 Å². The summed E-state index contributed by atoms with van der Waals surface area (Å²) < 4.78 is 5.34. The number of anilines is 1. The third-order valence-electron chi connectivity index (χ3n) is 3.49. The van der Waals surface area contributed by atoms with Gasteiger partial charge in [-0.3, -0.25) is 4.79 Å². The molecule has 1 aliphatic rings. The quantitative estimate of drug-likeness (QED) is 0.628. The van der Waals surface area contributed by atoms with Crippen molar-refractivity contribution in [2.75, 3.05) is 31.2 Å². The summed E-state index contributed by atoms with van der Waals surface area (Å²) in [5, 5.41) is 0.597. The predicted octanol–water partition coefficient (Wildman–Crippen LogP) is 2.81. The Bertz CT molecular complexity index is 774. The van der Waals surface area contributed by atoms with Gasteiger partial charge in [-0.25, -0.2) is 4.98 Å². The van der Waals surface area contributed by atoms with Gasteiger partial charge in [-0.15, -0.1) is 0 Å². The van der Waals surface area contributed by atoms with Crippen LogP contribution in [0.2, 0.25) is 5.02 Å². The number of carbonyl (C=O) groups excluding carboxylic acids is 1. The van der Waals surface area contributed by atoms with Crippen LogP contribution in [-0.2, 0) is 4.74 Å². The number of carbonyl (C=O) groups is 1. The topological polar surface area (TPSA) is 42.4 Å². The summed E-state index contributed by atoms with van der Waals surface area (Å²) in [4.78, 5) is 18.9. The van der Waals surface area contributed by atoms with Crippen LogP contribution in [0.25, 0.3) is 0 Å². The maximum Gasteiger partial charge on any atom is 0.239 e. The lowest BCUT2D eigenvalue weighted by atomic mass is 10.1. The first-order chi connectivity index (χ1) is 11.2. The molecule has 2 heterocycles. The molecular formula is C18H15ClN2O2. The molecular weight excluding hydrogens is 312 g/mol. The molecule has 1 aromatic heterocycles. The van der Waals surface area contributed by atoms with Crippen LogP contribution in [-0.4, -0.2) is 37.1 Å². The number of hydrogen-bond acceptors (Lipinski definition) is 4. The molecule has 0 spiro atoms. The number of ketones is 1. The van der Waals surface area contributed by atoms with Gasteiger partial charge in [0.15, 0.2) is 0 Å². The minimum atomic E-state index is -0.250. The summed E-state index contributed by atoms with van der Waals surface area (Å²) in [5.41, 5.74) is 1.23. The van der Waals surface area contributed by atoms with Crippen molar-refractivity contribution in [2.24, 2.45) is 0 Å².